The first kappa shape index (κ1) is 22.5. The summed E-state index contributed by atoms with van der Waals surface area (Å²) in [6.45, 7) is 4.78. The van der Waals surface area contributed by atoms with Crippen molar-refractivity contribution in [1.29, 1.82) is 0 Å². The Bertz CT molecular complexity index is 912. The predicted octanol–water partition coefficient (Wildman–Crippen LogP) is 3.10. The van der Waals surface area contributed by atoms with Gasteiger partial charge in [0.1, 0.15) is 5.75 Å². The number of rotatable bonds is 10. The van der Waals surface area contributed by atoms with Crippen LogP contribution in [0.25, 0.3) is 0 Å². The van der Waals surface area contributed by atoms with Crippen LogP contribution in [0.5, 0.6) is 17.2 Å². The van der Waals surface area contributed by atoms with Crippen molar-refractivity contribution in [2.45, 2.75) is 20.4 Å². The third-order valence-corrected chi connectivity index (χ3v) is 4.37. The largest absolute Gasteiger partial charge is 0.493 e. The minimum atomic E-state index is -3.71. The van der Waals surface area contributed by atoms with Crippen molar-refractivity contribution in [3.05, 3.63) is 54.1 Å². The average molecular weight is 422 g/mol. The Kier molecular flexibility index (Phi) is 7.90. The molecule has 8 heteroatoms. The maximum Gasteiger partial charge on any atom is 0.306 e. The second kappa shape index (κ2) is 10.2. The third-order valence-electron chi connectivity index (χ3n) is 3.89. The van der Waals surface area contributed by atoms with Crippen molar-refractivity contribution in [2.24, 2.45) is 5.92 Å². The Balaban J connectivity index is 2.16. The molecule has 158 valence electrons. The van der Waals surface area contributed by atoms with Gasteiger partial charge in [0.25, 0.3) is 5.91 Å². The highest BCUT2D eigenvalue weighted by atomic mass is 32.2. The molecule has 0 aromatic heterocycles. The Labute approximate surface area is 172 Å². The SMILES string of the molecule is COc1ccc(CN(CC(C)C)C(=O)COc2ccccc2)cc1OS(C)(=O)=O. The van der Waals surface area contributed by atoms with E-state index in [2.05, 4.69) is 0 Å². The molecule has 0 heterocycles. The normalized spacial score (nSPS) is 11.2. The van der Waals surface area contributed by atoms with Crippen LogP contribution in [0, 0.1) is 5.92 Å². The molecule has 0 N–H and O–H groups in total. The number of carbonyl (C=O) groups is 1. The maximum absolute atomic E-state index is 12.7. The van der Waals surface area contributed by atoms with Gasteiger partial charge in [0.2, 0.25) is 0 Å². The van der Waals surface area contributed by atoms with E-state index in [1.165, 1.54) is 7.11 Å². The Hall–Kier alpha value is -2.74. The minimum Gasteiger partial charge on any atom is -0.493 e. The van der Waals surface area contributed by atoms with E-state index >= 15 is 0 Å². The van der Waals surface area contributed by atoms with Gasteiger partial charge in [0.15, 0.2) is 18.1 Å². The zero-order valence-corrected chi connectivity index (χ0v) is 17.9. The summed E-state index contributed by atoms with van der Waals surface area (Å²) in [5, 5.41) is 0. The lowest BCUT2D eigenvalue weighted by Gasteiger charge is -2.25. The van der Waals surface area contributed by atoms with Crippen LogP contribution in [-0.4, -0.2) is 45.7 Å². The highest BCUT2D eigenvalue weighted by molar-refractivity contribution is 7.86. The summed E-state index contributed by atoms with van der Waals surface area (Å²) in [6, 6.07) is 14.1. The van der Waals surface area contributed by atoms with Crippen molar-refractivity contribution in [3.63, 3.8) is 0 Å². The molecule has 0 saturated heterocycles. The Morgan fingerprint density at radius 2 is 1.76 bits per heavy atom. The predicted molar refractivity (Wildman–Crippen MR) is 111 cm³/mol. The molecular formula is C21H27NO6S. The van der Waals surface area contributed by atoms with Gasteiger partial charge >= 0.3 is 10.1 Å². The highest BCUT2D eigenvalue weighted by Crippen LogP contribution is 2.29. The second-order valence-corrected chi connectivity index (χ2v) is 8.62. The van der Waals surface area contributed by atoms with Crippen LogP contribution in [0.3, 0.4) is 0 Å². The van der Waals surface area contributed by atoms with Gasteiger partial charge in [-0.3, -0.25) is 4.79 Å². The summed E-state index contributed by atoms with van der Waals surface area (Å²) in [6.07, 6.45) is 0.967. The molecule has 0 bridgehead atoms. The van der Waals surface area contributed by atoms with Crippen molar-refractivity contribution in [3.8, 4) is 17.2 Å². The number of hydrogen-bond donors (Lipinski definition) is 0. The van der Waals surface area contributed by atoms with E-state index in [0.717, 1.165) is 11.8 Å². The molecule has 0 aliphatic carbocycles. The molecule has 1 amide bonds. The number of hydrogen-bond acceptors (Lipinski definition) is 6. The van der Waals surface area contributed by atoms with Crippen LogP contribution in [-0.2, 0) is 21.5 Å². The second-order valence-electron chi connectivity index (χ2n) is 7.04. The topological polar surface area (TPSA) is 82.1 Å². The highest BCUT2D eigenvalue weighted by Gasteiger charge is 2.18. The fourth-order valence-corrected chi connectivity index (χ4v) is 3.17. The summed E-state index contributed by atoms with van der Waals surface area (Å²) in [5.41, 5.74) is 0.721. The van der Waals surface area contributed by atoms with Gasteiger partial charge in [-0.15, -0.1) is 0 Å². The van der Waals surface area contributed by atoms with Crippen molar-refractivity contribution >= 4 is 16.0 Å². The number of ether oxygens (including phenoxy) is 2. The monoisotopic (exact) mass is 421 g/mol. The molecule has 0 saturated carbocycles. The Morgan fingerprint density at radius 1 is 1.07 bits per heavy atom. The van der Waals surface area contributed by atoms with Gasteiger partial charge in [-0.05, 0) is 35.7 Å². The molecule has 0 aliphatic heterocycles. The van der Waals surface area contributed by atoms with Crippen LogP contribution in [0.1, 0.15) is 19.4 Å². The maximum atomic E-state index is 12.7. The van der Waals surface area contributed by atoms with Crippen LogP contribution in [0.2, 0.25) is 0 Å². The lowest BCUT2D eigenvalue weighted by molar-refractivity contribution is -0.134. The van der Waals surface area contributed by atoms with Crippen LogP contribution in [0.15, 0.2) is 48.5 Å². The first-order valence-electron chi connectivity index (χ1n) is 9.20. The molecule has 0 unspecified atom stereocenters. The van der Waals surface area contributed by atoms with E-state index in [-0.39, 0.29) is 24.2 Å². The summed E-state index contributed by atoms with van der Waals surface area (Å²) < 4.78 is 38.8. The standard InChI is InChI=1S/C21H27NO6S/c1-16(2)13-22(21(23)15-27-18-8-6-5-7-9-18)14-17-10-11-19(26-3)20(12-17)28-29(4,24)25/h5-12,16H,13-15H2,1-4H3. The molecule has 0 fully saturated rings. The van der Waals surface area contributed by atoms with E-state index in [1.807, 2.05) is 32.0 Å². The van der Waals surface area contributed by atoms with Crippen LogP contribution < -0.4 is 13.7 Å². The van der Waals surface area contributed by atoms with Crippen LogP contribution in [0.4, 0.5) is 0 Å². The van der Waals surface area contributed by atoms with Gasteiger partial charge in [-0.25, -0.2) is 0 Å². The van der Waals surface area contributed by atoms with Crippen molar-refractivity contribution < 1.29 is 26.9 Å². The molecule has 2 aromatic carbocycles. The minimum absolute atomic E-state index is 0.0837. The molecule has 2 rings (SSSR count). The van der Waals surface area contributed by atoms with E-state index in [1.54, 1.807) is 35.2 Å². The fraction of sp³-hybridized carbons (Fsp3) is 0.381. The van der Waals surface area contributed by atoms with E-state index in [9.17, 15) is 13.2 Å². The molecule has 0 radical (unpaired) electrons. The van der Waals surface area contributed by atoms with Gasteiger partial charge in [-0.1, -0.05) is 38.1 Å². The molecule has 0 atom stereocenters. The molecule has 0 spiro atoms. The first-order chi connectivity index (χ1) is 13.7. The van der Waals surface area contributed by atoms with E-state index in [0.29, 0.717) is 24.6 Å². The molecule has 2 aromatic rings. The van der Waals surface area contributed by atoms with Crippen LogP contribution >= 0.6 is 0 Å². The van der Waals surface area contributed by atoms with E-state index in [4.69, 9.17) is 13.7 Å². The van der Waals surface area contributed by atoms with Crippen molar-refractivity contribution in [1.82, 2.24) is 4.90 Å². The zero-order valence-electron chi connectivity index (χ0n) is 17.1. The number of benzene rings is 2. The molecular weight excluding hydrogens is 394 g/mol. The molecule has 0 aliphatic rings. The number of amides is 1. The molecule has 7 nitrogen and oxygen atoms in total. The summed E-state index contributed by atoms with van der Waals surface area (Å²) >= 11 is 0. The third kappa shape index (κ3) is 7.65. The van der Waals surface area contributed by atoms with Gasteiger partial charge in [-0.2, -0.15) is 8.42 Å². The van der Waals surface area contributed by atoms with Crippen molar-refractivity contribution in [2.75, 3.05) is 26.5 Å². The summed E-state index contributed by atoms with van der Waals surface area (Å²) in [5.74, 6) is 1.10. The quantitative estimate of drug-likeness (QED) is 0.548. The zero-order chi connectivity index (χ0) is 21.4. The first-order valence-corrected chi connectivity index (χ1v) is 11.0. The number of nitrogens with zero attached hydrogens (tertiary/aromatic N) is 1. The smallest absolute Gasteiger partial charge is 0.306 e. The fourth-order valence-electron chi connectivity index (χ4n) is 2.72. The van der Waals surface area contributed by atoms with Gasteiger partial charge < -0.3 is 18.6 Å². The summed E-state index contributed by atoms with van der Waals surface area (Å²) in [4.78, 5) is 14.4. The number of carbonyl (C=O) groups excluding carboxylic acids is 1. The van der Waals surface area contributed by atoms with Gasteiger partial charge in [0, 0.05) is 13.1 Å². The average Bonchev–Trinajstić information content (AvgIpc) is 2.65. The number of methoxy groups -OCH3 is 1. The lowest BCUT2D eigenvalue weighted by Crippen LogP contribution is -2.37. The van der Waals surface area contributed by atoms with E-state index < -0.39 is 10.1 Å². The Morgan fingerprint density at radius 3 is 2.34 bits per heavy atom. The van der Waals surface area contributed by atoms with Gasteiger partial charge in [0.05, 0.1) is 13.4 Å². The lowest BCUT2D eigenvalue weighted by atomic mass is 10.1. The molecule has 29 heavy (non-hydrogen) atoms. The number of para-hydroxylation sites is 1. The summed E-state index contributed by atoms with van der Waals surface area (Å²) in [7, 11) is -2.28.